The lowest BCUT2D eigenvalue weighted by molar-refractivity contribution is 0.303. The maximum absolute atomic E-state index is 5.21. The molecule has 0 amide bonds. The van der Waals surface area contributed by atoms with Crippen LogP contribution in [0.1, 0.15) is 38.4 Å². The van der Waals surface area contributed by atoms with Crippen molar-refractivity contribution in [2.24, 2.45) is 5.41 Å². The third kappa shape index (κ3) is 2.12. The highest BCUT2D eigenvalue weighted by Gasteiger charge is 2.25. The Kier molecular flexibility index (Phi) is 2.31. The molecule has 0 unspecified atom stereocenters. The predicted molar refractivity (Wildman–Crippen MR) is 53.1 cm³/mol. The maximum Gasteiger partial charge on any atom is 0.232 e. The van der Waals surface area contributed by atoms with Crippen molar-refractivity contribution in [3.05, 3.63) is 11.7 Å². The van der Waals surface area contributed by atoms with Crippen LogP contribution in [-0.4, -0.2) is 23.2 Å². The van der Waals surface area contributed by atoms with Crippen molar-refractivity contribution in [1.82, 2.24) is 15.5 Å². The molecule has 0 bridgehead atoms. The molecule has 1 fully saturated rings. The molecule has 1 aromatic rings. The maximum atomic E-state index is 5.21. The van der Waals surface area contributed by atoms with Crippen LogP contribution < -0.4 is 5.32 Å². The van der Waals surface area contributed by atoms with Crippen molar-refractivity contribution < 1.29 is 4.52 Å². The zero-order valence-electron chi connectivity index (χ0n) is 9.00. The van der Waals surface area contributed by atoms with E-state index in [1.165, 1.54) is 0 Å². The molecule has 4 nitrogen and oxygen atoms in total. The summed E-state index contributed by atoms with van der Waals surface area (Å²) in [6, 6.07) is 0. The van der Waals surface area contributed by atoms with E-state index in [4.69, 9.17) is 4.52 Å². The highest BCUT2D eigenvalue weighted by Crippen LogP contribution is 2.21. The first kappa shape index (κ1) is 9.65. The van der Waals surface area contributed by atoms with Gasteiger partial charge in [-0.2, -0.15) is 4.98 Å². The van der Waals surface area contributed by atoms with Gasteiger partial charge in [0.25, 0.3) is 0 Å². The first-order chi connectivity index (χ1) is 6.54. The van der Waals surface area contributed by atoms with E-state index in [1.807, 2.05) is 0 Å². The van der Waals surface area contributed by atoms with Crippen LogP contribution in [0.4, 0.5) is 0 Å². The largest absolute Gasteiger partial charge is 0.339 e. The number of nitrogens with one attached hydrogen (secondary N) is 1. The normalized spacial score (nSPS) is 18.2. The van der Waals surface area contributed by atoms with Crippen molar-refractivity contribution >= 4 is 0 Å². The third-order valence-electron chi connectivity index (χ3n) is 2.30. The molecule has 14 heavy (non-hydrogen) atoms. The molecule has 1 saturated heterocycles. The molecule has 0 aliphatic carbocycles. The van der Waals surface area contributed by atoms with Crippen LogP contribution >= 0.6 is 0 Å². The molecular formula is C10H17N3O. The zero-order chi connectivity index (χ0) is 10.2. The lowest BCUT2D eigenvalue weighted by atomic mass is 9.92. The Hall–Kier alpha value is -0.900. The summed E-state index contributed by atoms with van der Waals surface area (Å²) in [6.07, 6.45) is 0.872. The van der Waals surface area contributed by atoms with Crippen molar-refractivity contribution in [2.75, 3.05) is 13.1 Å². The number of hydrogen-bond donors (Lipinski definition) is 1. The first-order valence-electron chi connectivity index (χ1n) is 5.08. The molecule has 78 valence electrons. The molecule has 4 heteroatoms. The van der Waals surface area contributed by atoms with E-state index in [1.54, 1.807) is 0 Å². The second kappa shape index (κ2) is 3.35. The molecule has 0 spiro atoms. The van der Waals surface area contributed by atoms with Gasteiger partial charge in [0.1, 0.15) is 0 Å². The summed E-state index contributed by atoms with van der Waals surface area (Å²) in [4.78, 5) is 4.40. The summed E-state index contributed by atoms with van der Waals surface area (Å²) in [5.74, 6) is 2.07. The Balaban J connectivity index is 2.02. The molecule has 1 aliphatic rings. The molecule has 1 aromatic heterocycles. The van der Waals surface area contributed by atoms with Crippen LogP contribution in [0.2, 0.25) is 0 Å². The van der Waals surface area contributed by atoms with Gasteiger partial charge in [-0.1, -0.05) is 25.9 Å². The van der Waals surface area contributed by atoms with E-state index in [9.17, 15) is 0 Å². The molecule has 2 heterocycles. The third-order valence-corrected chi connectivity index (χ3v) is 2.30. The summed E-state index contributed by atoms with van der Waals surface area (Å²) in [5.41, 5.74) is 0.221. The van der Waals surface area contributed by atoms with Crippen LogP contribution in [0.5, 0.6) is 0 Å². The smallest absolute Gasteiger partial charge is 0.232 e. The average Bonchev–Trinajstić information content (AvgIpc) is 2.28. The van der Waals surface area contributed by atoms with Gasteiger partial charge in [-0.05, 0) is 5.41 Å². The lowest BCUT2D eigenvalue weighted by Gasteiger charge is -2.22. The molecular weight excluding hydrogens is 178 g/mol. The van der Waals surface area contributed by atoms with Gasteiger partial charge in [-0.15, -0.1) is 0 Å². The van der Waals surface area contributed by atoms with Crippen molar-refractivity contribution in [3.63, 3.8) is 0 Å². The minimum atomic E-state index is 0.221. The van der Waals surface area contributed by atoms with Crippen LogP contribution in [-0.2, 0) is 6.42 Å². The fraction of sp³-hybridized carbons (Fsp3) is 0.800. The molecule has 1 N–H and O–H groups in total. The van der Waals surface area contributed by atoms with E-state index in [0.717, 1.165) is 31.2 Å². The fourth-order valence-corrected chi connectivity index (χ4v) is 1.44. The Morgan fingerprint density at radius 2 is 2.14 bits per heavy atom. The zero-order valence-corrected chi connectivity index (χ0v) is 9.00. The van der Waals surface area contributed by atoms with E-state index in [0.29, 0.717) is 5.92 Å². The number of hydrogen-bond acceptors (Lipinski definition) is 4. The molecule has 0 atom stereocenters. The van der Waals surface area contributed by atoms with E-state index in [2.05, 4.69) is 36.2 Å². The van der Waals surface area contributed by atoms with Crippen LogP contribution in [0.25, 0.3) is 0 Å². The average molecular weight is 195 g/mol. The minimum Gasteiger partial charge on any atom is -0.339 e. The van der Waals surface area contributed by atoms with Crippen molar-refractivity contribution in [1.29, 1.82) is 0 Å². The van der Waals surface area contributed by atoms with E-state index < -0.39 is 0 Å². The molecule has 2 rings (SSSR count). The topological polar surface area (TPSA) is 51.0 Å². The monoisotopic (exact) mass is 195 g/mol. The van der Waals surface area contributed by atoms with Crippen LogP contribution in [0.15, 0.2) is 4.52 Å². The highest BCUT2D eigenvalue weighted by atomic mass is 16.5. The Morgan fingerprint density at radius 1 is 1.43 bits per heavy atom. The van der Waals surface area contributed by atoms with Gasteiger partial charge in [-0.3, -0.25) is 0 Å². The molecule has 0 saturated carbocycles. The van der Waals surface area contributed by atoms with E-state index in [-0.39, 0.29) is 5.41 Å². The van der Waals surface area contributed by atoms with Gasteiger partial charge < -0.3 is 9.84 Å². The van der Waals surface area contributed by atoms with Gasteiger partial charge >= 0.3 is 0 Å². The van der Waals surface area contributed by atoms with Crippen LogP contribution in [0, 0.1) is 5.41 Å². The lowest BCUT2D eigenvalue weighted by Crippen LogP contribution is -2.40. The SMILES string of the molecule is CC(C)(C)Cc1noc(C2CNC2)n1. The van der Waals surface area contributed by atoms with Gasteiger partial charge in [-0.25, -0.2) is 0 Å². The Labute approximate surface area is 84.1 Å². The van der Waals surface area contributed by atoms with Gasteiger partial charge in [0.2, 0.25) is 5.89 Å². The van der Waals surface area contributed by atoms with Gasteiger partial charge in [0.05, 0.1) is 5.92 Å². The van der Waals surface area contributed by atoms with Crippen LogP contribution in [0.3, 0.4) is 0 Å². The van der Waals surface area contributed by atoms with Gasteiger partial charge in [0.15, 0.2) is 5.82 Å². The molecule has 0 aromatic carbocycles. The summed E-state index contributed by atoms with van der Waals surface area (Å²) >= 11 is 0. The highest BCUT2D eigenvalue weighted by molar-refractivity contribution is 5.01. The Bertz CT molecular complexity index is 309. The Morgan fingerprint density at radius 3 is 2.64 bits per heavy atom. The first-order valence-corrected chi connectivity index (χ1v) is 5.08. The molecule has 1 aliphatic heterocycles. The molecule has 0 radical (unpaired) electrons. The summed E-state index contributed by atoms with van der Waals surface area (Å²) < 4.78 is 5.21. The quantitative estimate of drug-likeness (QED) is 0.773. The number of nitrogens with zero attached hydrogens (tertiary/aromatic N) is 2. The predicted octanol–water partition coefficient (Wildman–Crippen LogP) is 1.34. The summed E-state index contributed by atoms with van der Waals surface area (Å²) in [6.45, 7) is 8.46. The summed E-state index contributed by atoms with van der Waals surface area (Å²) in [5, 5.41) is 7.18. The standard InChI is InChI=1S/C10H17N3O/c1-10(2,3)4-8-12-9(14-13-8)7-5-11-6-7/h7,11H,4-6H2,1-3H3. The second-order valence-corrected chi connectivity index (χ2v) is 5.14. The number of aromatic nitrogens is 2. The summed E-state index contributed by atoms with van der Waals surface area (Å²) in [7, 11) is 0. The van der Waals surface area contributed by atoms with Crippen molar-refractivity contribution in [3.8, 4) is 0 Å². The van der Waals surface area contributed by atoms with Gasteiger partial charge in [0, 0.05) is 19.5 Å². The fourth-order valence-electron chi connectivity index (χ4n) is 1.44. The number of rotatable bonds is 2. The van der Waals surface area contributed by atoms with E-state index >= 15 is 0 Å². The minimum absolute atomic E-state index is 0.221. The van der Waals surface area contributed by atoms with Crippen molar-refractivity contribution in [2.45, 2.75) is 33.1 Å². The second-order valence-electron chi connectivity index (χ2n) is 5.14.